The van der Waals surface area contributed by atoms with Crippen molar-refractivity contribution >= 4 is 21.6 Å². The molecule has 0 aliphatic heterocycles. The van der Waals surface area contributed by atoms with Crippen molar-refractivity contribution in [1.82, 2.24) is 5.32 Å². The molecule has 30 heavy (non-hydrogen) atoms. The molecule has 0 bridgehead atoms. The van der Waals surface area contributed by atoms with E-state index in [0.29, 0.717) is 18.7 Å². The first kappa shape index (κ1) is 23.7. The van der Waals surface area contributed by atoms with Gasteiger partial charge in [-0.1, -0.05) is 30.3 Å². The van der Waals surface area contributed by atoms with Gasteiger partial charge in [0, 0.05) is 13.0 Å². The van der Waals surface area contributed by atoms with Crippen LogP contribution in [0.25, 0.3) is 0 Å². The van der Waals surface area contributed by atoms with Crippen molar-refractivity contribution in [3.05, 3.63) is 59.2 Å². The van der Waals surface area contributed by atoms with Gasteiger partial charge in [-0.05, 0) is 62.9 Å². The monoisotopic (exact) mass is 432 g/mol. The lowest BCUT2D eigenvalue weighted by Crippen LogP contribution is -2.37. The maximum Gasteiger partial charge on any atom is 0.232 e. The highest BCUT2D eigenvalue weighted by atomic mass is 32.2. The number of nitrogens with one attached hydrogen (secondary N) is 1. The summed E-state index contributed by atoms with van der Waals surface area (Å²) in [7, 11) is -3.44. The Hall–Kier alpha value is -2.54. The van der Waals surface area contributed by atoms with Gasteiger partial charge in [-0.3, -0.25) is 9.10 Å². The van der Waals surface area contributed by atoms with Crippen LogP contribution in [-0.2, 0) is 14.8 Å². The van der Waals surface area contributed by atoms with E-state index in [1.807, 2.05) is 70.2 Å². The molecular weight excluding hydrogens is 400 g/mol. The lowest BCUT2D eigenvalue weighted by Gasteiger charge is -2.24. The second-order valence-corrected chi connectivity index (χ2v) is 9.68. The van der Waals surface area contributed by atoms with E-state index in [1.165, 1.54) is 10.6 Å². The predicted molar refractivity (Wildman–Crippen MR) is 122 cm³/mol. The van der Waals surface area contributed by atoms with E-state index in [0.717, 1.165) is 22.4 Å². The topological polar surface area (TPSA) is 75.7 Å². The third-order valence-electron chi connectivity index (χ3n) is 4.79. The number of hydrogen-bond acceptors (Lipinski definition) is 4. The van der Waals surface area contributed by atoms with E-state index in [4.69, 9.17) is 4.74 Å². The van der Waals surface area contributed by atoms with Crippen molar-refractivity contribution in [3.63, 3.8) is 0 Å². The number of rotatable bonds is 10. The maximum absolute atomic E-state index is 12.3. The minimum Gasteiger partial charge on any atom is -0.491 e. The van der Waals surface area contributed by atoms with Crippen LogP contribution in [0.4, 0.5) is 5.69 Å². The molecule has 2 aromatic rings. The Bertz CT molecular complexity index is 973. The number of nitrogens with zero attached hydrogens (tertiary/aromatic N) is 1. The number of para-hydroxylation sites is 1. The molecule has 1 amide bonds. The number of ether oxygens (including phenoxy) is 1. The van der Waals surface area contributed by atoms with Crippen LogP contribution in [0.1, 0.15) is 36.5 Å². The molecule has 0 aliphatic carbocycles. The van der Waals surface area contributed by atoms with Gasteiger partial charge < -0.3 is 10.1 Å². The Balaban J connectivity index is 1.86. The van der Waals surface area contributed by atoms with Crippen LogP contribution in [0.3, 0.4) is 0 Å². The number of hydrogen-bond donors (Lipinski definition) is 1. The summed E-state index contributed by atoms with van der Waals surface area (Å²) in [6.45, 7) is 8.30. The zero-order chi connectivity index (χ0) is 22.3. The van der Waals surface area contributed by atoms with Crippen LogP contribution < -0.4 is 14.4 Å². The zero-order valence-corrected chi connectivity index (χ0v) is 19.3. The molecule has 1 N–H and O–H groups in total. The Morgan fingerprint density at radius 1 is 1.10 bits per heavy atom. The fourth-order valence-corrected chi connectivity index (χ4v) is 4.17. The lowest BCUT2D eigenvalue weighted by atomic mass is 10.1. The fraction of sp³-hybridized carbons (Fsp3) is 0.435. The number of carbonyl (C=O) groups excluding carboxylic acids is 1. The van der Waals surface area contributed by atoms with Gasteiger partial charge in [0.2, 0.25) is 15.9 Å². The van der Waals surface area contributed by atoms with Gasteiger partial charge in [0.05, 0.1) is 18.0 Å². The SMILES string of the molecule is Cc1ccc(C)c(N(CCCC(=O)N[C@H](C)COc2ccccc2C)S(C)(=O)=O)c1. The molecular formula is C23H32N2O4S. The van der Waals surface area contributed by atoms with Gasteiger partial charge in [-0.2, -0.15) is 0 Å². The van der Waals surface area contributed by atoms with Crippen molar-refractivity contribution < 1.29 is 17.9 Å². The smallest absolute Gasteiger partial charge is 0.232 e. The van der Waals surface area contributed by atoms with Gasteiger partial charge in [-0.15, -0.1) is 0 Å². The number of amides is 1. The van der Waals surface area contributed by atoms with Crippen LogP contribution in [0.15, 0.2) is 42.5 Å². The highest BCUT2D eigenvalue weighted by molar-refractivity contribution is 7.92. The summed E-state index contributed by atoms with van der Waals surface area (Å²) in [6, 6.07) is 13.3. The molecule has 164 valence electrons. The van der Waals surface area contributed by atoms with Crippen molar-refractivity contribution in [2.45, 2.75) is 46.6 Å². The first-order valence-electron chi connectivity index (χ1n) is 10.1. The Kier molecular flexibility index (Phi) is 8.29. The molecule has 0 saturated carbocycles. The van der Waals surface area contributed by atoms with E-state index in [9.17, 15) is 13.2 Å². The quantitative estimate of drug-likeness (QED) is 0.621. The third kappa shape index (κ3) is 7.06. The second kappa shape index (κ2) is 10.5. The van der Waals surface area contributed by atoms with E-state index in [1.54, 1.807) is 0 Å². The van der Waals surface area contributed by atoms with Crippen molar-refractivity contribution in [2.24, 2.45) is 0 Å². The Morgan fingerprint density at radius 2 is 1.80 bits per heavy atom. The van der Waals surface area contributed by atoms with Crippen LogP contribution in [0, 0.1) is 20.8 Å². The van der Waals surface area contributed by atoms with Crippen molar-refractivity contribution in [2.75, 3.05) is 23.7 Å². The molecule has 1 atom stereocenters. The highest BCUT2D eigenvalue weighted by Gasteiger charge is 2.20. The summed E-state index contributed by atoms with van der Waals surface area (Å²) in [6.07, 6.45) is 1.86. The molecule has 2 aromatic carbocycles. The summed E-state index contributed by atoms with van der Waals surface area (Å²) in [5.41, 5.74) is 3.59. The first-order valence-corrected chi connectivity index (χ1v) is 12.0. The van der Waals surface area contributed by atoms with Gasteiger partial charge in [0.15, 0.2) is 0 Å². The summed E-state index contributed by atoms with van der Waals surface area (Å²) >= 11 is 0. The summed E-state index contributed by atoms with van der Waals surface area (Å²) in [5, 5.41) is 2.91. The second-order valence-electron chi connectivity index (χ2n) is 7.77. The molecule has 0 fully saturated rings. The van der Waals surface area contributed by atoms with E-state index in [-0.39, 0.29) is 24.9 Å². The molecule has 0 saturated heterocycles. The van der Waals surface area contributed by atoms with E-state index < -0.39 is 10.0 Å². The molecule has 0 radical (unpaired) electrons. The number of benzene rings is 2. The van der Waals surface area contributed by atoms with Crippen LogP contribution in [-0.4, -0.2) is 39.8 Å². The first-order chi connectivity index (χ1) is 14.1. The largest absolute Gasteiger partial charge is 0.491 e. The van der Waals surface area contributed by atoms with Gasteiger partial charge in [-0.25, -0.2) is 8.42 Å². The number of anilines is 1. The van der Waals surface area contributed by atoms with Gasteiger partial charge in [0.1, 0.15) is 12.4 Å². The van der Waals surface area contributed by atoms with Crippen molar-refractivity contribution in [1.29, 1.82) is 0 Å². The molecule has 6 nitrogen and oxygen atoms in total. The van der Waals surface area contributed by atoms with E-state index in [2.05, 4.69) is 5.32 Å². The number of aryl methyl sites for hydroxylation is 3. The average Bonchev–Trinajstić information content (AvgIpc) is 2.66. The summed E-state index contributed by atoms with van der Waals surface area (Å²) < 4.78 is 31.8. The zero-order valence-electron chi connectivity index (χ0n) is 18.4. The fourth-order valence-electron chi connectivity index (χ4n) is 3.16. The molecule has 7 heteroatoms. The minimum atomic E-state index is -3.44. The van der Waals surface area contributed by atoms with Gasteiger partial charge in [0.25, 0.3) is 0 Å². The molecule has 2 rings (SSSR count). The summed E-state index contributed by atoms with van der Waals surface area (Å²) in [4.78, 5) is 12.3. The predicted octanol–water partition coefficient (Wildman–Crippen LogP) is 3.74. The molecule has 0 unspecified atom stereocenters. The Morgan fingerprint density at radius 3 is 2.47 bits per heavy atom. The normalized spacial score (nSPS) is 12.3. The summed E-state index contributed by atoms with van der Waals surface area (Å²) in [5.74, 6) is 0.682. The Labute approximate surface area is 180 Å². The molecule has 0 aliphatic rings. The number of carbonyl (C=O) groups is 1. The van der Waals surface area contributed by atoms with Crippen LogP contribution >= 0.6 is 0 Å². The van der Waals surface area contributed by atoms with Crippen molar-refractivity contribution in [3.8, 4) is 5.75 Å². The highest BCUT2D eigenvalue weighted by Crippen LogP contribution is 2.24. The van der Waals surface area contributed by atoms with E-state index >= 15 is 0 Å². The van der Waals surface area contributed by atoms with Crippen LogP contribution in [0.2, 0.25) is 0 Å². The molecule has 0 aromatic heterocycles. The average molecular weight is 433 g/mol. The standard InChI is InChI=1S/C23H32N2O4S/c1-17-12-13-18(2)21(15-17)25(30(5,27)28)14-8-11-23(26)24-20(4)16-29-22-10-7-6-9-19(22)3/h6-7,9-10,12-13,15,20H,8,11,14,16H2,1-5H3,(H,24,26)/t20-/m1/s1. The maximum atomic E-state index is 12.3. The van der Waals surface area contributed by atoms with Crippen LogP contribution in [0.5, 0.6) is 5.75 Å². The minimum absolute atomic E-state index is 0.120. The third-order valence-corrected chi connectivity index (χ3v) is 5.97. The molecule has 0 spiro atoms. The molecule has 0 heterocycles. The number of sulfonamides is 1. The lowest BCUT2D eigenvalue weighted by molar-refractivity contribution is -0.121. The van der Waals surface area contributed by atoms with Gasteiger partial charge >= 0.3 is 0 Å².